The minimum Gasteiger partial charge on any atom is -0.455 e. The first-order chi connectivity index (χ1) is 16.9. The number of fused-ring (bicyclic) bond motifs is 1. The van der Waals surface area contributed by atoms with Crippen LogP contribution in [0.4, 0.5) is 21.6 Å². The van der Waals surface area contributed by atoms with E-state index in [0.717, 1.165) is 24.1 Å². The van der Waals surface area contributed by atoms with E-state index in [-0.39, 0.29) is 11.6 Å². The third-order valence-electron chi connectivity index (χ3n) is 5.49. The van der Waals surface area contributed by atoms with Crippen LogP contribution >= 0.6 is 0 Å². The van der Waals surface area contributed by atoms with Crippen molar-refractivity contribution in [3.63, 3.8) is 0 Å². The van der Waals surface area contributed by atoms with E-state index in [0.29, 0.717) is 39.8 Å². The molecule has 1 saturated carbocycles. The van der Waals surface area contributed by atoms with E-state index in [1.165, 1.54) is 12.4 Å². The lowest BCUT2D eigenvalue weighted by Gasteiger charge is -2.14. The van der Waals surface area contributed by atoms with Crippen molar-refractivity contribution in [2.24, 2.45) is 5.92 Å². The molecule has 2 aromatic carbocycles. The van der Waals surface area contributed by atoms with Crippen LogP contribution in [0.15, 0.2) is 55.0 Å². The van der Waals surface area contributed by atoms with Crippen LogP contribution in [0.3, 0.4) is 0 Å². The highest BCUT2D eigenvalue weighted by Crippen LogP contribution is 2.32. The zero-order chi connectivity index (χ0) is 24.4. The first kappa shape index (κ1) is 22.3. The number of aromatic nitrogens is 3. The molecule has 0 spiro atoms. The van der Waals surface area contributed by atoms with E-state index >= 15 is 4.39 Å². The number of pyridine rings is 1. The van der Waals surface area contributed by atoms with Crippen molar-refractivity contribution < 1.29 is 13.9 Å². The summed E-state index contributed by atoms with van der Waals surface area (Å²) in [4.78, 5) is 24.9. The first-order valence-electron chi connectivity index (χ1n) is 11.2. The van der Waals surface area contributed by atoms with E-state index < -0.39 is 5.82 Å². The van der Waals surface area contributed by atoms with E-state index in [1.807, 2.05) is 19.9 Å². The summed E-state index contributed by atoms with van der Waals surface area (Å²) in [6.07, 6.45) is 5.10. The quantitative estimate of drug-likeness (QED) is 0.368. The molecule has 0 saturated heterocycles. The Hall–Kier alpha value is -4.51. The lowest BCUT2D eigenvalue weighted by Crippen LogP contribution is -2.08. The predicted molar refractivity (Wildman–Crippen MR) is 132 cm³/mol. The molecule has 1 aliphatic rings. The Kier molecular flexibility index (Phi) is 5.98. The van der Waals surface area contributed by atoms with Gasteiger partial charge in [0.15, 0.2) is 0 Å². The van der Waals surface area contributed by atoms with Crippen LogP contribution in [0, 0.1) is 37.4 Å². The van der Waals surface area contributed by atoms with Gasteiger partial charge in [-0.1, -0.05) is 5.92 Å². The predicted octanol–water partition coefficient (Wildman–Crippen LogP) is 5.67. The molecular formula is C27H22FN5O2. The smallest absolute Gasteiger partial charge is 0.300 e. The van der Waals surface area contributed by atoms with Gasteiger partial charge in [-0.25, -0.2) is 14.4 Å². The van der Waals surface area contributed by atoms with Gasteiger partial charge in [-0.05, 0) is 74.6 Å². The number of hydrogen-bond acceptors (Lipinski definition) is 6. The van der Waals surface area contributed by atoms with Crippen LogP contribution in [0.1, 0.15) is 24.1 Å². The van der Waals surface area contributed by atoms with Crippen molar-refractivity contribution in [3.8, 4) is 23.3 Å². The second-order valence-corrected chi connectivity index (χ2v) is 8.41. The third-order valence-corrected chi connectivity index (χ3v) is 5.49. The average Bonchev–Trinajstić information content (AvgIpc) is 3.67. The van der Waals surface area contributed by atoms with Crippen molar-refractivity contribution in [3.05, 3.63) is 72.1 Å². The maximum atomic E-state index is 15.0. The minimum absolute atomic E-state index is 0.238. The number of aryl methyl sites for hydroxylation is 2. The molecule has 2 heterocycles. The fraction of sp³-hybridized carbons (Fsp3) is 0.185. The SMILES string of the molecule is Cc1ccc(Oc2cc(F)c(Nc3ncnc4ccc(NC(=O)C#CC5CC5)cc34)cc2C)cn1. The summed E-state index contributed by atoms with van der Waals surface area (Å²) in [7, 11) is 0. The molecule has 0 bridgehead atoms. The number of rotatable bonds is 5. The molecule has 1 fully saturated rings. The van der Waals surface area contributed by atoms with Crippen molar-refractivity contribution in [1.29, 1.82) is 0 Å². The van der Waals surface area contributed by atoms with Gasteiger partial charge in [-0.15, -0.1) is 0 Å². The molecule has 1 aliphatic carbocycles. The topological polar surface area (TPSA) is 89.0 Å². The average molecular weight is 468 g/mol. The van der Waals surface area contributed by atoms with Crippen LogP contribution in [-0.2, 0) is 4.79 Å². The monoisotopic (exact) mass is 467 g/mol. The number of benzene rings is 2. The molecule has 7 nitrogen and oxygen atoms in total. The Bertz CT molecular complexity index is 1490. The Morgan fingerprint density at radius 3 is 2.71 bits per heavy atom. The van der Waals surface area contributed by atoms with Crippen LogP contribution in [0.5, 0.6) is 11.5 Å². The van der Waals surface area contributed by atoms with Gasteiger partial charge in [-0.3, -0.25) is 9.78 Å². The van der Waals surface area contributed by atoms with Gasteiger partial charge >= 0.3 is 0 Å². The molecule has 35 heavy (non-hydrogen) atoms. The molecule has 5 rings (SSSR count). The lowest BCUT2D eigenvalue weighted by molar-refractivity contribution is -0.111. The summed E-state index contributed by atoms with van der Waals surface area (Å²) < 4.78 is 20.8. The third kappa shape index (κ3) is 5.36. The number of nitrogens with one attached hydrogen (secondary N) is 2. The number of nitrogens with zero attached hydrogens (tertiary/aromatic N) is 3. The fourth-order valence-electron chi connectivity index (χ4n) is 3.43. The van der Waals surface area contributed by atoms with E-state index in [4.69, 9.17) is 4.74 Å². The van der Waals surface area contributed by atoms with Crippen molar-refractivity contribution >= 4 is 34.0 Å². The number of anilines is 3. The van der Waals surface area contributed by atoms with E-state index in [9.17, 15) is 4.79 Å². The molecular weight excluding hydrogens is 445 g/mol. The van der Waals surface area contributed by atoms with Crippen LogP contribution in [0.2, 0.25) is 0 Å². The minimum atomic E-state index is -0.503. The normalized spacial score (nSPS) is 12.5. The Morgan fingerprint density at radius 2 is 1.94 bits per heavy atom. The van der Waals surface area contributed by atoms with E-state index in [1.54, 1.807) is 36.5 Å². The van der Waals surface area contributed by atoms with Crippen molar-refractivity contribution in [1.82, 2.24) is 15.0 Å². The standard InChI is InChI=1S/C27H22FN5O2/c1-16-11-24(22(28)13-25(16)35-20-8-3-17(2)29-14-20)33-27-21-12-19(7-9-23(21)30-15-31-27)32-26(34)10-6-18-4-5-18/h3,7-9,11-15,18H,4-5H2,1-2H3,(H,32,34)(H,30,31,33). The summed E-state index contributed by atoms with van der Waals surface area (Å²) in [6, 6.07) is 11.8. The molecule has 2 N–H and O–H groups in total. The molecule has 0 unspecified atom stereocenters. The summed E-state index contributed by atoms with van der Waals surface area (Å²) in [6.45, 7) is 3.71. The van der Waals surface area contributed by atoms with Crippen molar-refractivity contribution in [2.75, 3.05) is 10.6 Å². The number of amides is 1. The maximum Gasteiger partial charge on any atom is 0.300 e. The van der Waals surface area contributed by atoms with Crippen molar-refractivity contribution in [2.45, 2.75) is 26.7 Å². The molecule has 4 aromatic rings. The Balaban J connectivity index is 1.39. The molecule has 0 radical (unpaired) electrons. The lowest BCUT2D eigenvalue weighted by atomic mass is 10.1. The highest BCUT2D eigenvalue weighted by molar-refractivity contribution is 6.05. The Morgan fingerprint density at radius 1 is 1.09 bits per heavy atom. The van der Waals surface area contributed by atoms with Gasteiger partial charge in [0.25, 0.3) is 5.91 Å². The number of carbonyl (C=O) groups excluding carboxylic acids is 1. The number of ether oxygens (including phenoxy) is 1. The molecule has 1 amide bonds. The number of halogens is 1. The summed E-state index contributed by atoms with van der Waals surface area (Å²) in [5.41, 5.74) is 3.04. The van der Waals surface area contributed by atoms with Gasteiger partial charge in [0.05, 0.1) is 17.4 Å². The molecule has 0 atom stereocenters. The highest BCUT2D eigenvalue weighted by Gasteiger charge is 2.18. The Labute approximate surface area is 201 Å². The fourth-order valence-corrected chi connectivity index (χ4v) is 3.43. The number of hydrogen-bond donors (Lipinski definition) is 2. The zero-order valence-corrected chi connectivity index (χ0v) is 19.2. The summed E-state index contributed by atoms with van der Waals surface area (Å²) >= 11 is 0. The molecule has 0 aliphatic heterocycles. The van der Waals surface area contributed by atoms with E-state index in [2.05, 4.69) is 37.4 Å². The molecule has 174 valence electrons. The van der Waals surface area contributed by atoms with Crippen LogP contribution < -0.4 is 15.4 Å². The summed E-state index contributed by atoms with van der Waals surface area (Å²) in [5.74, 6) is 6.35. The van der Waals surface area contributed by atoms with Crippen LogP contribution in [0.25, 0.3) is 10.9 Å². The largest absolute Gasteiger partial charge is 0.455 e. The van der Waals surface area contributed by atoms with Gasteiger partial charge in [0, 0.05) is 28.8 Å². The number of carbonyl (C=O) groups is 1. The second-order valence-electron chi connectivity index (χ2n) is 8.41. The van der Waals surface area contributed by atoms with Gasteiger partial charge < -0.3 is 15.4 Å². The molecule has 2 aromatic heterocycles. The van der Waals surface area contributed by atoms with Gasteiger partial charge in [-0.2, -0.15) is 0 Å². The maximum absolute atomic E-state index is 15.0. The first-order valence-corrected chi connectivity index (χ1v) is 11.2. The van der Waals surface area contributed by atoms with Gasteiger partial charge in [0.2, 0.25) is 0 Å². The molecule has 8 heteroatoms. The van der Waals surface area contributed by atoms with Crippen LogP contribution in [-0.4, -0.2) is 20.9 Å². The highest BCUT2D eigenvalue weighted by atomic mass is 19.1. The summed E-state index contributed by atoms with van der Waals surface area (Å²) in [5, 5.41) is 6.45. The second kappa shape index (κ2) is 9.39. The zero-order valence-electron chi connectivity index (χ0n) is 19.2. The van der Waals surface area contributed by atoms with Gasteiger partial charge in [0.1, 0.15) is 29.5 Å².